The number of aryl methyl sites for hydroxylation is 2. The second kappa shape index (κ2) is 7.81. The molecule has 2 N–H and O–H groups in total. The van der Waals surface area contributed by atoms with Gasteiger partial charge in [0.05, 0.1) is 5.56 Å². The van der Waals surface area contributed by atoms with Gasteiger partial charge < -0.3 is 10.4 Å². The lowest BCUT2D eigenvalue weighted by Gasteiger charge is -2.12. The van der Waals surface area contributed by atoms with Crippen molar-refractivity contribution >= 4 is 17.2 Å². The number of thiophene rings is 1. The molecule has 0 saturated carbocycles. The van der Waals surface area contributed by atoms with E-state index in [9.17, 15) is 23.1 Å². The van der Waals surface area contributed by atoms with Crippen LogP contribution < -0.4 is 5.32 Å². The van der Waals surface area contributed by atoms with Crippen LogP contribution >= 0.6 is 11.3 Å². The summed E-state index contributed by atoms with van der Waals surface area (Å²) in [5, 5.41) is 14.5. The summed E-state index contributed by atoms with van der Waals surface area (Å²) >= 11 is 1.43. The van der Waals surface area contributed by atoms with Crippen LogP contribution in [0.3, 0.4) is 0 Å². The predicted octanol–water partition coefficient (Wildman–Crippen LogP) is 3.86. The normalized spacial score (nSPS) is 12.9. The van der Waals surface area contributed by atoms with Crippen molar-refractivity contribution in [3.63, 3.8) is 0 Å². The molecule has 1 heterocycles. The fourth-order valence-electron chi connectivity index (χ4n) is 2.24. The minimum Gasteiger partial charge on any atom is -0.386 e. The standard InChI is InChI=1S/C17H18F3NO2S/c1-11-8-9-24-16(11)14(22)10-21-15(23)7-4-12-2-5-13(6-3-12)17(18,19)20/h2-3,5-6,8-9,14,22H,4,7,10H2,1H3,(H,21,23). The first-order valence-corrected chi connectivity index (χ1v) is 8.30. The minimum absolute atomic E-state index is 0.118. The Hall–Kier alpha value is -1.86. The molecule has 1 amide bonds. The molecule has 1 unspecified atom stereocenters. The summed E-state index contributed by atoms with van der Waals surface area (Å²) in [4.78, 5) is 12.6. The van der Waals surface area contributed by atoms with Gasteiger partial charge in [-0.2, -0.15) is 13.2 Å². The van der Waals surface area contributed by atoms with Gasteiger partial charge >= 0.3 is 6.18 Å². The molecular weight excluding hydrogens is 339 g/mol. The van der Waals surface area contributed by atoms with E-state index in [1.165, 1.54) is 23.5 Å². The molecule has 1 aromatic heterocycles. The lowest BCUT2D eigenvalue weighted by Crippen LogP contribution is -2.28. The second-order valence-corrected chi connectivity index (χ2v) is 6.43. The largest absolute Gasteiger partial charge is 0.416 e. The molecule has 0 bridgehead atoms. The highest BCUT2D eigenvalue weighted by Gasteiger charge is 2.29. The van der Waals surface area contributed by atoms with E-state index in [2.05, 4.69) is 5.32 Å². The third kappa shape index (κ3) is 5.07. The first kappa shape index (κ1) is 18.5. The zero-order chi connectivity index (χ0) is 17.7. The van der Waals surface area contributed by atoms with Gasteiger partial charge in [0.25, 0.3) is 0 Å². The van der Waals surface area contributed by atoms with E-state index < -0.39 is 17.8 Å². The first-order valence-electron chi connectivity index (χ1n) is 7.42. The van der Waals surface area contributed by atoms with E-state index in [4.69, 9.17) is 0 Å². The number of hydrogen-bond acceptors (Lipinski definition) is 3. The Morgan fingerprint density at radius 3 is 2.46 bits per heavy atom. The van der Waals surface area contributed by atoms with Crippen LogP contribution in [0.5, 0.6) is 0 Å². The van der Waals surface area contributed by atoms with Gasteiger partial charge in [-0.25, -0.2) is 0 Å². The number of carbonyl (C=O) groups excluding carboxylic acids is 1. The molecule has 2 aromatic rings. The molecular formula is C17H18F3NO2S. The van der Waals surface area contributed by atoms with Crippen molar-refractivity contribution in [3.8, 4) is 0 Å². The average molecular weight is 357 g/mol. The average Bonchev–Trinajstić information content (AvgIpc) is 2.96. The van der Waals surface area contributed by atoms with Crippen molar-refractivity contribution in [2.45, 2.75) is 32.0 Å². The van der Waals surface area contributed by atoms with Crippen LogP contribution in [-0.2, 0) is 17.4 Å². The number of hydrogen-bond donors (Lipinski definition) is 2. The number of aliphatic hydroxyl groups excluding tert-OH is 1. The molecule has 1 atom stereocenters. The first-order chi connectivity index (χ1) is 11.3. The van der Waals surface area contributed by atoms with Crippen LogP contribution in [0.4, 0.5) is 13.2 Å². The summed E-state index contributed by atoms with van der Waals surface area (Å²) in [6.45, 7) is 2.01. The number of rotatable bonds is 6. The quantitative estimate of drug-likeness (QED) is 0.825. The fourth-order valence-corrected chi connectivity index (χ4v) is 3.15. The zero-order valence-corrected chi connectivity index (χ0v) is 13.9. The number of aliphatic hydroxyl groups is 1. The van der Waals surface area contributed by atoms with E-state index in [0.717, 1.165) is 22.6 Å². The van der Waals surface area contributed by atoms with Crippen molar-refractivity contribution in [1.82, 2.24) is 5.32 Å². The summed E-state index contributed by atoms with van der Waals surface area (Å²) in [7, 11) is 0. The van der Waals surface area contributed by atoms with Crippen LogP contribution in [-0.4, -0.2) is 17.6 Å². The number of carbonyl (C=O) groups is 1. The van der Waals surface area contributed by atoms with Gasteiger partial charge in [-0.1, -0.05) is 12.1 Å². The Balaban J connectivity index is 1.78. The molecule has 24 heavy (non-hydrogen) atoms. The van der Waals surface area contributed by atoms with Gasteiger partial charge in [0, 0.05) is 17.8 Å². The van der Waals surface area contributed by atoms with Gasteiger partial charge in [-0.15, -0.1) is 11.3 Å². The molecule has 130 valence electrons. The highest BCUT2D eigenvalue weighted by atomic mass is 32.1. The number of amides is 1. The third-order valence-electron chi connectivity index (χ3n) is 3.62. The lowest BCUT2D eigenvalue weighted by atomic mass is 10.1. The van der Waals surface area contributed by atoms with Crippen molar-refractivity contribution in [2.75, 3.05) is 6.54 Å². The Bertz CT molecular complexity index is 680. The molecule has 0 aliphatic heterocycles. The third-order valence-corrected chi connectivity index (χ3v) is 4.74. The Morgan fingerprint density at radius 1 is 1.25 bits per heavy atom. The zero-order valence-electron chi connectivity index (χ0n) is 13.1. The van der Waals surface area contributed by atoms with Gasteiger partial charge in [-0.05, 0) is 48.1 Å². The molecule has 0 spiro atoms. The summed E-state index contributed by atoms with van der Waals surface area (Å²) in [5.41, 5.74) is 0.935. The van der Waals surface area contributed by atoms with E-state index >= 15 is 0 Å². The highest BCUT2D eigenvalue weighted by molar-refractivity contribution is 7.10. The van der Waals surface area contributed by atoms with Crippen molar-refractivity contribution in [3.05, 3.63) is 57.3 Å². The Kier molecular flexibility index (Phi) is 6.01. The maximum absolute atomic E-state index is 12.5. The topological polar surface area (TPSA) is 49.3 Å². The number of benzene rings is 1. The SMILES string of the molecule is Cc1ccsc1C(O)CNC(=O)CCc1ccc(C(F)(F)F)cc1. The van der Waals surface area contributed by atoms with Crippen LogP contribution in [0, 0.1) is 6.92 Å². The smallest absolute Gasteiger partial charge is 0.386 e. The van der Waals surface area contributed by atoms with E-state index in [-0.39, 0.29) is 18.9 Å². The Morgan fingerprint density at radius 2 is 1.92 bits per heavy atom. The molecule has 0 aliphatic rings. The number of nitrogens with one attached hydrogen (secondary N) is 1. The molecule has 0 fully saturated rings. The molecule has 0 radical (unpaired) electrons. The van der Waals surface area contributed by atoms with E-state index in [0.29, 0.717) is 12.0 Å². The second-order valence-electron chi connectivity index (χ2n) is 5.48. The molecule has 0 aliphatic carbocycles. The number of halogens is 3. The molecule has 7 heteroatoms. The number of alkyl halides is 3. The van der Waals surface area contributed by atoms with E-state index in [1.54, 1.807) is 0 Å². The lowest BCUT2D eigenvalue weighted by molar-refractivity contribution is -0.137. The summed E-state index contributed by atoms with van der Waals surface area (Å²) in [6.07, 6.45) is -4.61. The fraction of sp³-hybridized carbons (Fsp3) is 0.353. The van der Waals surface area contributed by atoms with E-state index in [1.807, 2.05) is 18.4 Å². The maximum atomic E-state index is 12.5. The summed E-state index contributed by atoms with van der Waals surface area (Å²) in [5.74, 6) is -0.247. The monoisotopic (exact) mass is 357 g/mol. The Labute approximate surface area is 142 Å². The van der Waals surface area contributed by atoms with Crippen LogP contribution in [0.25, 0.3) is 0 Å². The van der Waals surface area contributed by atoms with Crippen LogP contribution in [0.1, 0.15) is 34.1 Å². The van der Waals surface area contributed by atoms with Crippen LogP contribution in [0.15, 0.2) is 35.7 Å². The minimum atomic E-state index is -4.36. The van der Waals surface area contributed by atoms with Crippen molar-refractivity contribution < 1.29 is 23.1 Å². The molecule has 0 saturated heterocycles. The van der Waals surface area contributed by atoms with Gasteiger partial charge in [-0.3, -0.25) is 4.79 Å². The highest BCUT2D eigenvalue weighted by Crippen LogP contribution is 2.29. The van der Waals surface area contributed by atoms with Gasteiger partial charge in [0.2, 0.25) is 5.91 Å². The maximum Gasteiger partial charge on any atom is 0.416 e. The molecule has 2 rings (SSSR count). The van der Waals surface area contributed by atoms with Gasteiger partial charge in [0.1, 0.15) is 6.10 Å². The summed E-state index contributed by atoms with van der Waals surface area (Å²) in [6, 6.07) is 6.67. The molecule has 1 aromatic carbocycles. The van der Waals surface area contributed by atoms with Crippen molar-refractivity contribution in [1.29, 1.82) is 0 Å². The van der Waals surface area contributed by atoms with Crippen LogP contribution in [0.2, 0.25) is 0 Å². The molecule has 3 nitrogen and oxygen atoms in total. The van der Waals surface area contributed by atoms with Crippen molar-refractivity contribution in [2.24, 2.45) is 0 Å². The summed E-state index contributed by atoms with van der Waals surface area (Å²) < 4.78 is 37.4. The predicted molar refractivity (Wildman–Crippen MR) is 86.8 cm³/mol. The van der Waals surface area contributed by atoms with Gasteiger partial charge in [0.15, 0.2) is 0 Å².